The van der Waals surface area contributed by atoms with Crippen molar-refractivity contribution in [2.75, 3.05) is 6.54 Å². The number of hydrogen-bond donors (Lipinski definition) is 1. The van der Waals surface area contributed by atoms with Gasteiger partial charge >= 0.3 is 0 Å². The van der Waals surface area contributed by atoms with Crippen LogP contribution in [0, 0.1) is 11.3 Å². The molecular weight excluding hydrogens is 230 g/mol. The van der Waals surface area contributed by atoms with Gasteiger partial charge in [-0.2, -0.15) is 0 Å². The first kappa shape index (κ1) is 16.2. The average molecular weight is 261 g/mol. The van der Waals surface area contributed by atoms with Crippen LogP contribution in [0.15, 0.2) is 24.3 Å². The third-order valence-corrected chi connectivity index (χ3v) is 3.29. The van der Waals surface area contributed by atoms with Gasteiger partial charge < -0.3 is 5.32 Å². The average Bonchev–Trinajstić information content (AvgIpc) is 2.27. The standard InChI is InChI=1S/C18H31N/c1-7-19-17(13-18(4,5)6)16-10-8-15(9-11-16)12-14(2)3/h8-11,14,17,19H,7,12-13H2,1-6H3. The maximum absolute atomic E-state index is 3.62. The summed E-state index contributed by atoms with van der Waals surface area (Å²) < 4.78 is 0. The molecule has 1 heteroatoms. The minimum Gasteiger partial charge on any atom is -0.310 e. The van der Waals surface area contributed by atoms with E-state index in [-0.39, 0.29) is 0 Å². The summed E-state index contributed by atoms with van der Waals surface area (Å²) in [6, 6.07) is 9.66. The van der Waals surface area contributed by atoms with E-state index in [1.807, 2.05) is 0 Å². The van der Waals surface area contributed by atoms with Crippen LogP contribution in [0.3, 0.4) is 0 Å². The van der Waals surface area contributed by atoms with Crippen molar-refractivity contribution in [2.24, 2.45) is 11.3 Å². The van der Waals surface area contributed by atoms with E-state index in [1.54, 1.807) is 0 Å². The van der Waals surface area contributed by atoms with Gasteiger partial charge in [-0.25, -0.2) is 0 Å². The molecule has 1 nitrogen and oxygen atoms in total. The van der Waals surface area contributed by atoms with Crippen molar-refractivity contribution in [1.29, 1.82) is 0 Å². The predicted octanol–water partition coefficient (Wildman–Crippen LogP) is 4.97. The molecule has 0 heterocycles. The minimum atomic E-state index is 0.351. The number of nitrogens with one attached hydrogen (secondary N) is 1. The van der Waals surface area contributed by atoms with Crippen molar-refractivity contribution in [3.8, 4) is 0 Å². The quantitative estimate of drug-likeness (QED) is 0.762. The smallest absolute Gasteiger partial charge is 0.0325 e. The highest BCUT2D eigenvalue weighted by molar-refractivity contribution is 5.25. The number of hydrogen-bond acceptors (Lipinski definition) is 1. The first-order chi connectivity index (χ1) is 8.81. The summed E-state index contributed by atoms with van der Waals surface area (Å²) in [4.78, 5) is 0. The van der Waals surface area contributed by atoms with Gasteiger partial charge in [0.25, 0.3) is 0 Å². The first-order valence-corrected chi connectivity index (χ1v) is 7.64. The van der Waals surface area contributed by atoms with Gasteiger partial charge in [-0.3, -0.25) is 0 Å². The van der Waals surface area contributed by atoms with Gasteiger partial charge in [0, 0.05) is 6.04 Å². The lowest BCUT2D eigenvalue weighted by atomic mass is 9.85. The Bertz CT molecular complexity index is 356. The lowest BCUT2D eigenvalue weighted by molar-refractivity contribution is 0.314. The second-order valence-electron chi connectivity index (χ2n) is 7.21. The molecule has 1 unspecified atom stereocenters. The highest BCUT2D eigenvalue weighted by Crippen LogP contribution is 2.29. The molecule has 0 radical (unpaired) electrons. The molecule has 1 atom stereocenters. The molecule has 0 saturated carbocycles. The van der Waals surface area contributed by atoms with E-state index in [0.29, 0.717) is 11.5 Å². The molecule has 19 heavy (non-hydrogen) atoms. The van der Waals surface area contributed by atoms with Gasteiger partial charge in [-0.15, -0.1) is 0 Å². The molecule has 0 bridgehead atoms. The summed E-state index contributed by atoms with van der Waals surface area (Å²) in [6.07, 6.45) is 2.34. The predicted molar refractivity (Wildman–Crippen MR) is 85.5 cm³/mol. The van der Waals surface area contributed by atoms with E-state index in [1.165, 1.54) is 24.0 Å². The molecule has 108 valence electrons. The van der Waals surface area contributed by atoms with E-state index in [4.69, 9.17) is 0 Å². The van der Waals surface area contributed by atoms with E-state index >= 15 is 0 Å². The second kappa shape index (κ2) is 7.09. The fourth-order valence-electron chi connectivity index (χ4n) is 2.52. The zero-order valence-electron chi connectivity index (χ0n) is 13.6. The van der Waals surface area contributed by atoms with Crippen LogP contribution < -0.4 is 5.32 Å². The molecule has 0 aromatic heterocycles. The van der Waals surface area contributed by atoms with Crippen LogP contribution in [0.5, 0.6) is 0 Å². The highest BCUT2D eigenvalue weighted by atomic mass is 14.9. The molecule has 0 amide bonds. The highest BCUT2D eigenvalue weighted by Gasteiger charge is 2.19. The molecule has 1 N–H and O–H groups in total. The minimum absolute atomic E-state index is 0.351. The molecule has 1 rings (SSSR count). The lowest BCUT2D eigenvalue weighted by Gasteiger charge is -2.27. The van der Waals surface area contributed by atoms with Crippen molar-refractivity contribution >= 4 is 0 Å². The maximum atomic E-state index is 3.62. The van der Waals surface area contributed by atoms with Crippen LogP contribution in [0.1, 0.15) is 65.1 Å². The fraction of sp³-hybridized carbons (Fsp3) is 0.667. The number of rotatable bonds is 6. The molecule has 0 fully saturated rings. The Morgan fingerprint density at radius 3 is 2.05 bits per heavy atom. The maximum Gasteiger partial charge on any atom is 0.0325 e. The van der Waals surface area contributed by atoms with Gasteiger partial charge in [0.1, 0.15) is 0 Å². The zero-order chi connectivity index (χ0) is 14.5. The van der Waals surface area contributed by atoms with Crippen molar-refractivity contribution in [2.45, 2.75) is 60.4 Å². The van der Waals surface area contributed by atoms with Gasteiger partial charge in [0.15, 0.2) is 0 Å². The van der Waals surface area contributed by atoms with Crippen LogP contribution in [0.4, 0.5) is 0 Å². The van der Waals surface area contributed by atoms with Gasteiger partial charge in [0.05, 0.1) is 0 Å². The Morgan fingerprint density at radius 2 is 1.63 bits per heavy atom. The topological polar surface area (TPSA) is 12.0 Å². The Morgan fingerprint density at radius 1 is 1.05 bits per heavy atom. The lowest BCUT2D eigenvalue weighted by Crippen LogP contribution is -2.25. The van der Waals surface area contributed by atoms with E-state index < -0.39 is 0 Å². The zero-order valence-corrected chi connectivity index (χ0v) is 13.6. The third-order valence-electron chi connectivity index (χ3n) is 3.29. The van der Waals surface area contributed by atoms with Crippen molar-refractivity contribution < 1.29 is 0 Å². The normalized spacial score (nSPS) is 13.8. The Hall–Kier alpha value is -0.820. The molecule has 1 aromatic carbocycles. The SMILES string of the molecule is CCNC(CC(C)(C)C)c1ccc(CC(C)C)cc1. The van der Waals surface area contributed by atoms with Crippen molar-refractivity contribution in [3.05, 3.63) is 35.4 Å². The molecular formula is C18H31N. The summed E-state index contributed by atoms with van der Waals surface area (Å²) in [6.45, 7) is 14.7. The van der Waals surface area contributed by atoms with E-state index in [0.717, 1.165) is 12.5 Å². The largest absolute Gasteiger partial charge is 0.310 e. The number of benzene rings is 1. The van der Waals surface area contributed by atoms with Gasteiger partial charge in [-0.1, -0.05) is 65.8 Å². The van der Waals surface area contributed by atoms with E-state index in [9.17, 15) is 0 Å². The summed E-state index contributed by atoms with van der Waals surface area (Å²) in [7, 11) is 0. The van der Waals surface area contributed by atoms with Gasteiger partial charge in [0.2, 0.25) is 0 Å². The molecule has 1 aromatic rings. The molecule has 0 aliphatic heterocycles. The van der Waals surface area contributed by atoms with Crippen LogP contribution in [-0.4, -0.2) is 6.54 Å². The Balaban J connectivity index is 2.79. The summed E-state index contributed by atoms with van der Waals surface area (Å²) >= 11 is 0. The van der Waals surface area contributed by atoms with Crippen molar-refractivity contribution in [3.63, 3.8) is 0 Å². The van der Waals surface area contributed by atoms with Crippen LogP contribution in [0.25, 0.3) is 0 Å². The Labute approximate surface area is 119 Å². The van der Waals surface area contributed by atoms with Crippen LogP contribution in [0.2, 0.25) is 0 Å². The fourth-order valence-corrected chi connectivity index (χ4v) is 2.52. The van der Waals surface area contributed by atoms with Crippen LogP contribution in [-0.2, 0) is 6.42 Å². The summed E-state index contributed by atoms with van der Waals surface area (Å²) in [5.41, 5.74) is 3.22. The third kappa shape index (κ3) is 6.24. The summed E-state index contributed by atoms with van der Waals surface area (Å²) in [5.74, 6) is 0.727. The Kier molecular flexibility index (Phi) is 6.06. The van der Waals surface area contributed by atoms with Crippen LogP contribution >= 0.6 is 0 Å². The molecule has 0 aliphatic carbocycles. The van der Waals surface area contributed by atoms with Crippen molar-refractivity contribution in [1.82, 2.24) is 5.32 Å². The molecule has 0 saturated heterocycles. The molecule has 0 spiro atoms. The summed E-state index contributed by atoms with van der Waals surface area (Å²) in [5, 5.41) is 3.62. The monoisotopic (exact) mass is 261 g/mol. The van der Waals surface area contributed by atoms with Gasteiger partial charge in [-0.05, 0) is 41.8 Å². The van der Waals surface area contributed by atoms with E-state index in [2.05, 4.69) is 71.1 Å². The molecule has 0 aliphatic rings. The first-order valence-electron chi connectivity index (χ1n) is 7.64. The second-order valence-corrected chi connectivity index (χ2v) is 7.21.